The number of amides is 2. The first kappa shape index (κ1) is 14.8. The van der Waals surface area contributed by atoms with Crippen LogP contribution in [0.25, 0.3) is 0 Å². The summed E-state index contributed by atoms with van der Waals surface area (Å²) in [5, 5.41) is 11.2. The van der Waals surface area contributed by atoms with Crippen LogP contribution in [-0.4, -0.2) is 30.9 Å². The molecule has 0 aromatic carbocycles. The fourth-order valence-electron chi connectivity index (χ4n) is 2.40. The van der Waals surface area contributed by atoms with E-state index in [1.807, 2.05) is 0 Å². The molecule has 1 unspecified atom stereocenters. The Labute approximate surface area is 131 Å². The summed E-state index contributed by atoms with van der Waals surface area (Å²) in [4.78, 5) is 24.2. The van der Waals surface area contributed by atoms with E-state index in [1.54, 1.807) is 23.6 Å². The number of nitrogens with one attached hydrogen (secondary N) is 3. The van der Waals surface area contributed by atoms with Crippen molar-refractivity contribution in [1.29, 1.82) is 0 Å². The second-order valence-corrected chi connectivity index (χ2v) is 6.01. The van der Waals surface area contributed by atoms with E-state index in [-0.39, 0.29) is 17.6 Å². The Hall–Kier alpha value is -2.12. The molecule has 1 aliphatic rings. The summed E-state index contributed by atoms with van der Waals surface area (Å²) in [5.41, 5.74) is 0.475. The van der Waals surface area contributed by atoms with Crippen LogP contribution < -0.4 is 16.0 Å². The smallest absolute Gasteiger partial charge is 0.291 e. The molecular weight excluding hydrogens is 302 g/mol. The van der Waals surface area contributed by atoms with Crippen LogP contribution >= 0.6 is 11.3 Å². The molecule has 1 atom stereocenters. The Morgan fingerprint density at radius 2 is 2.27 bits per heavy atom. The van der Waals surface area contributed by atoms with Gasteiger partial charge in [0.05, 0.1) is 11.8 Å². The van der Waals surface area contributed by atoms with Crippen molar-refractivity contribution in [2.45, 2.75) is 18.9 Å². The van der Waals surface area contributed by atoms with Crippen LogP contribution in [0.1, 0.15) is 33.8 Å². The first-order chi connectivity index (χ1) is 10.7. The third kappa shape index (κ3) is 3.37. The molecule has 1 aliphatic heterocycles. The standard InChI is InChI=1S/C15H17N3O3S/c19-13(17-9-10-3-1-6-16-10)11-5-8-22-15(11)18-14(20)12-4-2-7-21-12/h2,4-5,7-8,10,16H,1,3,6,9H2,(H,17,19)(H,18,20). The van der Waals surface area contributed by atoms with Crippen LogP contribution in [-0.2, 0) is 0 Å². The monoisotopic (exact) mass is 319 g/mol. The predicted molar refractivity (Wildman–Crippen MR) is 84.3 cm³/mol. The number of thiophene rings is 1. The fraction of sp³-hybridized carbons (Fsp3) is 0.333. The minimum absolute atomic E-state index is 0.176. The summed E-state index contributed by atoms with van der Waals surface area (Å²) < 4.78 is 5.04. The average molecular weight is 319 g/mol. The quantitative estimate of drug-likeness (QED) is 0.788. The molecule has 22 heavy (non-hydrogen) atoms. The lowest BCUT2D eigenvalue weighted by molar-refractivity contribution is 0.0951. The lowest BCUT2D eigenvalue weighted by Gasteiger charge is -2.11. The van der Waals surface area contributed by atoms with Crippen LogP contribution in [0.3, 0.4) is 0 Å². The maximum atomic E-state index is 12.2. The highest BCUT2D eigenvalue weighted by atomic mass is 32.1. The van der Waals surface area contributed by atoms with Gasteiger partial charge >= 0.3 is 0 Å². The largest absolute Gasteiger partial charge is 0.459 e. The molecule has 2 aromatic heterocycles. The molecule has 3 rings (SSSR count). The molecular formula is C15H17N3O3S. The molecule has 2 amide bonds. The molecule has 1 fully saturated rings. The van der Waals surface area contributed by atoms with Crippen molar-refractivity contribution in [3.63, 3.8) is 0 Å². The molecule has 0 radical (unpaired) electrons. The number of carbonyl (C=O) groups excluding carboxylic acids is 2. The van der Waals surface area contributed by atoms with Gasteiger partial charge in [-0.1, -0.05) is 0 Å². The highest BCUT2D eigenvalue weighted by Gasteiger charge is 2.19. The van der Waals surface area contributed by atoms with Crippen LogP contribution in [0.15, 0.2) is 34.3 Å². The van der Waals surface area contributed by atoms with Crippen molar-refractivity contribution in [2.75, 3.05) is 18.4 Å². The minimum Gasteiger partial charge on any atom is -0.459 e. The van der Waals surface area contributed by atoms with E-state index in [2.05, 4.69) is 16.0 Å². The van der Waals surface area contributed by atoms with Crippen LogP contribution in [0.5, 0.6) is 0 Å². The zero-order valence-electron chi connectivity index (χ0n) is 11.9. The van der Waals surface area contributed by atoms with Crippen LogP contribution in [0.2, 0.25) is 0 Å². The topological polar surface area (TPSA) is 83.4 Å². The number of hydrogen-bond acceptors (Lipinski definition) is 5. The first-order valence-corrected chi connectivity index (χ1v) is 8.06. The Morgan fingerprint density at radius 1 is 1.36 bits per heavy atom. The van der Waals surface area contributed by atoms with Gasteiger partial charge in [0.15, 0.2) is 5.76 Å². The van der Waals surface area contributed by atoms with Crippen molar-refractivity contribution in [2.24, 2.45) is 0 Å². The Bertz CT molecular complexity index is 645. The zero-order chi connectivity index (χ0) is 15.4. The molecule has 116 valence electrons. The second-order valence-electron chi connectivity index (χ2n) is 5.10. The summed E-state index contributed by atoms with van der Waals surface area (Å²) in [6.45, 7) is 1.60. The van der Waals surface area contributed by atoms with Crippen molar-refractivity contribution >= 4 is 28.2 Å². The third-order valence-electron chi connectivity index (χ3n) is 3.55. The predicted octanol–water partition coefficient (Wildman–Crippen LogP) is 2.08. The van der Waals surface area contributed by atoms with E-state index >= 15 is 0 Å². The van der Waals surface area contributed by atoms with E-state index in [0.29, 0.717) is 23.2 Å². The van der Waals surface area contributed by atoms with Crippen molar-refractivity contribution in [3.8, 4) is 0 Å². The Balaban J connectivity index is 1.61. The van der Waals surface area contributed by atoms with Crippen LogP contribution in [0, 0.1) is 0 Å². The van der Waals surface area contributed by atoms with Gasteiger partial charge in [-0.25, -0.2) is 0 Å². The van der Waals surface area contributed by atoms with Gasteiger partial charge in [-0.15, -0.1) is 11.3 Å². The van der Waals surface area contributed by atoms with Gasteiger partial charge in [-0.3, -0.25) is 9.59 Å². The summed E-state index contributed by atoms with van der Waals surface area (Å²) in [5.74, 6) is -0.321. The fourth-order valence-corrected chi connectivity index (χ4v) is 3.18. The molecule has 3 heterocycles. The maximum Gasteiger partial charge on any atom is 0.291 e. The number of furan rings is 1. The van der Waals surface area contributed by atoms with Gasteiger partial charge in [0.25, 0.3) is 11.8 Å². The molecule has 2 aromatic rings. The molecule has 0 saturated carbocycles. The Morgan fingerprint density at radius 3 is 3.00 bits per heavy atom. The number of anilines is 1. The van der Waals surface area contributed by atoms with Gasteiger partial charge in [0.1, 0.15) is 5.00 Å². The zero-order valence-corrected chi connectivity index (χ0v) is 12.7. The number of carbonyl (C=O) groups is 2. The summed E-state index contributed by atoms with van der Waals surface area (Å²) in [6.07, 6.45) is 3.65. The minimum atomic E-state index is -0.362. The van der Waals surface area contributed by atoms with Gasteiger partial charge in [-0.2, -0.15) is 0 Å². The second kappa shape index (κ2) is 6.76. The molecule has 0 aliphatic carbocycles. The number of rotatable bonds is 5. The third-order valence-corrected chi connectivity index (χ3v) is 4.38. The van der Waals surface area contributed by atoms with Crippen LogP contribution in [0.4, 0.5) is 5.00 Å². The van der Waals surface area contributed by atoms with Gasteiger partial charge in [0.2, 0.25) is 0 Å². The lowest BCUT2D eigenvalue weighted by atomic mass is 10.2. The summed E-state index contributed by atoms with van der Waals surface area (Å²) in [6, 6.07) is 5.27. The number of hydrogen-bond donors (Lipinski definition) is 3. The van der Waals surface area contributed by atoms with E-state index in [9.17, 15) is 9.59 Å². The van der Waals surface area contributed by atoms with E-state index in [1.165, 1.54) is 17.6 Å². The van der Waals surface area contributed by atoms with Gasteiger partial charge in [0, 0.05) is 12.6 Å². The van der Waals surface area contributed by atoms with Gasteiger partial charge in [-0.05, 0) is 43.0 Å². The van der Waals surface area contributed by atoms with E-state index < -0.39 is 0 Å². The maximum absolute atomic E-state index is 12.2. The molecule has 0 spiro atoms. The van der Waals surface area contributed by atoms with Crippen molar-refractivity contribution < 1.29 is 14.0 Å². The molecule has 6 nitrogen and oxygen atoms in total. The highest BCUT2D eigenvalue weighted by molar-refractivity contribution is 7.14. The average Bonchev–Trinajstić information content (AvgIpc) is 3.25. The molecule has 3 N–H and O–H groups in total. The van der Waals surface area contributed by atoms with Crippen molar-refractivity contribution in [1.82, 2.24) is 10.6 Å². The summed E-state index contributed by atoms with van der Waals surface area (Å²) >= 11 is 1.31. The SMILES string of the molecule is O=C(Nc1sccc1C(=O)NCC1CCCN1)c1ccco1. The van der Waals surface area contributed by atoms with E-state index in [0.717, 1.165) is 19.4 Å². The molecule has 7 heteroatoms. The lowest BCUT2D eigenvalue weighted by Crippen LogP contribution is -2.37. The summed E-state index contributed by atoms with van der Waals surface area (Å²) in [7, 11) is 0. The van der Waals surface area contributed by atoms with E-state index in [4.69, 9.17) is 4.42 Å². The first-order valence-electron chi connectivity index (χ1n) is 7.18. The highest BCUT2D eigenvalue weighted by Crippen LogP contribution is 2.24. The van der Waals surface area contributed by atoms with Crippen molar-refractivity contribution in [3.05, 3.63) is 41.2 Å². The Kier molecular flexibility index (Phi) is 4.55. The molecule has 1 saturated heterocycles. The van der Waals surface area contributed by atoms with Gasteiger partial charge < -0.3 is 20.4 Å². The normalized spacial score (nSPS) is 17.4. The molecule has 0 bridgehead atoms.